The molecule has 2 N–H and O–H groups in total. The lowest BCUT2D eigenvalue weighted by molar-refractivity contribution is 0.425. The van der Waals surface area contributed by atoms with E-state index in [0.717, 1.165) is 13.1 Å². The second kappa shape index (κ2) is 7.63. The molecule has 1 aromatic heterocycles. The molecule has 0 fully saturated rings. The van der Waals surface area contributed by atoms with Gasteiger partial charge in [0.15, 0.2) is 0 Å². The summed E-state index contributed by atoms with van der Waals surface area (Å²) in [6.07, 6.45) is 1.46. The average molecular weight is 355 g/mol. The molecule has 1 aromatic carbocycles. The van der Waals surface area contributed by atoms with Crippen LogP contribution in [-0.4, -0.2) is 45.5 Å². The van der Waals surface area contributed by atoms with Gasteiger partial charge in [0.2, 0.25) is 0 Å². The Labute approximate surface area is 141 Å². The molecule has 0 atom stereocenters. The number of nitrogens with zero attached hydrogens (tertiary/aromatic N) is 2. The van der Waals surface area contributed by atoms with E-state index in [2.05, 4.69) is 19.9 Å². The van der Waals surface area contributed by atoms with Crippen molar-refractivity contribution in [1.29, 1.82) is 0 Å². The molecule has 0 saturated heterocycles. The fourth-order valence-corrected chi connectivity index (χ4v) is 3.40. The fraction of sp³-hybridized carbons (Fsp3) is 0.267. The van der Waals surface area contributed by atoms with E-state index in [4.69, 9.17) is 11.6 Å². The Kier molecular flexibility index (Phi) is 5.81. The van der Waals surface area contributed by atoms with Crippen molar-refractivity contribution in [3.63, 3.8) is 0 Å². The molecule has 0 aliphatic heterocycles. The van der Waals surface area contributed by atoms with E-state index in [-0.39, 0.29) is 9.92 Å². The molecular formula is C15H19ClN4O2S. The summed E-state index contributed by atoms with van der Waals surface area (Å²) in [5.74, 6) is 0.688. The lowest BCUT2D eigenvalue weighted by atomic mass is 10.4. The first-order valence-corrected chi connectivity index (χ1v) is 8.86. The summed E-state index contributed by atoms with van der Waals surface area (Å²) < 4.78 is 27.1. The fourth-order valence-electron chi connectivity index (χ4n) is 1.84. The van der Waals surface area contributed by atoms with Crippen molar-refractivity contribution in [2.24, 2.45) is 0 Å². The first kappa shape index (κ1) is 17.5. The maximum absolute atomic E-state index is 12.3. The van der Waals surface area contributed by atoms with Crippen LogP contribution < -0.4 is 10.0 Å². The zero-order valence-electron chi connectivity index (χ0n) is 13.0. The van der Waals surface area contributed by atoms with Gasteiger partial charge in [0.25, 0.3) is 10.0 Å². The van der Waals surface area contributed by atoms with E-state index in [1.807, 2.05) is 14.1 Å². The highest BCUT2D eigenvalue weighted by atomic mass is 35.5. The molecule has 0 unspecified atom stereocenters. The third kappa shape index (κ3) is 5.09. The lowest BCUT2D eigenvalue weighted by Crippen LogP contribution is -2.21. The van der Waals surface area contributed by atoms with Crippen molar-refractivity contribution in [3.8, 4) is 0 Å². The van der Waals surface area contributed by atoms with Crippen LogP contribution in [0.25, 0.3) is 0 Å². The van der Waals surface area contributed by atoms with Crippen LogP contribution in [0.15, 0.2) is 47.5 Å². The van der Waals surface area contributed by atoms with E-state index in [0.29, 0.717) is 11.5 Å². The monoisotopic (exact) mass is 354 g/mol. The second-order valence-electron chi connectivity index (χ2n) is 5.20. The highest BCUT2D eigenvalue weighted by molar-refractivity contribution is 7.92. The maximum atomic E-state index is 12.3. The molecule has 0 amide bonds. The Balaban J connectivity index is 2.04. The van der Waals surface area contributed by atoms with E-state index in [9.17, 15) is 8.42 Å². The number of pyridine rings is 1. The van der Waals surface area contributed by atoms with Gasteiger partial charge in [-0.05, 0) is 38.4 Å². The standard InChI is InChI=1S/C15H19ClN4O2S/c1-20(2)10-9-17-15-8-7-12(11-18-15)19-23(21,22)14-6-4-3-5-13(14)16/h3-8,11,19H,9-10H2,1-2H3,(H,17,18). The number of sulfonamides is 1. The number of aromatic nitrogens is 1. The van der Waals surface area contributed by atoms with Crippen molar-refractivity contribution >= 4 is 33.1 Å². The number of hydrogen-bond donors (Lipinski definition) is 2. The van der Waals surface area contributed by atoms with Gasteiger partial charge in [-0.2, -0.15) is 0 Å². The smallest absolute Gasteiger partial charge is 0.263 e. The number of benzene rings is 1. The summed E-state index contributed by atoms with van der Waals surface area (Å²) in [7, 11) is 0.242. The number of hydrogen-bond acceptors (Lipinski definition) is 5. The molecule has 8 heteroatoms. The molecule has 2 rings (SSSR count). The van der Waals surface area contributed by atoms with Crippen LogP contribution in [0.3, 0.4) is 0 Å². The Bertz CT molecular complexity index is 748. The van der Waals surface area contributed by atoms with Gasteiger partial charge in [-0.25, -0.2) is 13.4 Å². The molecule has 1 heterocycles. The van der Waals surface area contributed by atoms with Crippen LogP contribution in [0.2, 0.25) is 5.02 Å². The quantitative estimate of drug-likeness (QED) is 0.799. The number of nitrogens with one attached hydrogen (secondary N) is 2. The normalized spacial score (nSPS) is 11.5. The van der Waals surface area contributed by atoms with Crippen LogP contribution in [0.1, 0.15) is 0 Å². The molecule has 0 bridgehead atoms. The molecule has 2 aromatic rings. The number of halogens is 1. The number of rotatable bonds is 7. The molecule has 0 radical (unpaired) electrons. The van der Waals surface area contributed by atoms with Crippen LogP contribution in [-0.2, 0) is 10.0 Å². The first-order chi connectivity index (χ1) is 10.9. The second-order valence-corrected chi connectivity index (χ2v) is 7.26. The van der Waals surface area contributed by atoms with Crippen LogP contribution in [0.5, 0.6) is 0 Å². The van der Waals surface area contributed by atoms with Gasteiger partial charge in [-0.3, -0.25) is 4.72 Å². The van der Waals surface area contributed by atoms with E-state index >= 15 is 0 Å². The molecular weight excluding hydrogens is 336 g/mol. The van der Waals surface area contributed by atoms with Crippen molar-refractivity contribution in [1.82, 2.24) is 9.88 Å². The van der Waals surface area contributed by atoms with Crippen molar-refractivity contribution < 1.29 is 8.42 Å². The number of anilines is 2. The zero-order chi connectivity index (χ0) is 16.9. The van der Waals surface area contributed by atoms with E-state index in [1.54, 1.807) is 24.3 Å². The molecule has 124 valence electrons. The molecule has 0 spiro atoms. The van der Waals surface area contributed by atoms with Gasteiger partial charge >= 0.3 is 0 Å². The number of likely N-dealkylation sites (N-methyl/N-ethyl adjacent to an activating group) is 1. The van der Waals surface area contributed by atoms with Crippen LogP contribution >= 0.6 is 11.6 Å². The minimum absolute atomic E-state index is 0.0369. The van der Waals surface area contributed by atoms with Gasteiger partial charge in [0.1, 0.15) is 10.7 Å². The van der Waals surface area contributed by atoms with Crippen LogP contribution in [0, 0.1) is 0 Å². The Morgan fingerprint density at radius 2 is 1.91 bits per heavy atom. The highest BCUT2D eigenvalue weighted by Crippen LogP contribution is 2.23. The minimum Gasteiger partial charge on any atom is -0.369 e. The Morgan fingerprint density at radius 3 is 2.52 bits per heavy atom. The van der Waals surface area contributed by atoms with E-state index in [1.165, 1.54) is 18.3 Å². The topological polar surface area (TPSA) is 74.3 Å². The van der Waals surface area contributed by atoms with Crippen molar-refractivity contribution in [2.45, 2.75) is 4.90 Å². The molecule has 0 aliphatic rings. The summed E-state index contributed by atoms with van der Waals surface area (Å²) in [6, 6.07) is 9.66. The summed E-state index contributed by atoms with van der Waals surface area (Å²) >= 11 is 5.93. The lowest BCUT2D eigenvalue weighted by Gasteiger charge is -2.12. The summed E-state index contributed by atoms with van der Waals surface area (Å²) in [5.41, 5.74) is 0.378. The van der Waals surface area contributed by atoms with Crippen molar-refractivity contribution in [2.75, 3.05) is 37.2 Å². The SMILES string of the molecule is CN(C)CCNc1ccc(NS(=O)(=O)c2ccccc2Cl)cn1. The van der Waals surface area contributed by atoms with Crippen molar-refractivity contribution in [3.05, 3.63) is 47.6 Å². The highest BCUT2D eigenvalue weighted by Gasteiger charge is 2.17. The first-order valence-electron chi connectivity index (χ1n) is 7.00. The minimum atomic E-state index is -3.73. The Morgan fingerprint density at radius 1 is 1.17 bits per heavy atom. The third-order valence-electron chi connectivity index (χ3n) is 3.01. The zero-order valence-corrected chi connectivity index (χ0v) is 14.5. The third-order valence-corrected chi connectivity index (χ3v) is 4.89. The predicted octanol–water partition coefficient (Wildman–Crippen LogP) is 2.51. The summed E-state index contributed by atoms with van der Waals surface area (Å²) in [6.45, 7) is 1.63. The van der Waals surface area contributed by atoms with Gasteiger partial charge < -0.3 is 10.2 Å². The largest absolute Gasteiger partial charge is 0.369 e. The average Bonchev–Trinajstić information content (AvgIpc) is 2.48. The maximum Gasteiger partial charge on any atom is 0.263 e. The van der Waals surface area contributed by atoms with Gasteiger partial charge in [0, 0.05) is 13.1 Å². The molecule has 0 aliphatic carbocycles. The summed E-state index contributed by atoms with van der Waals surface area (Å²) in [5, 5.41) is 3.33. The van der Waals surface area contributed by atoms with Crippen LogP contribution in [0.4, 0.5) is 11.5 Å². The van der Waals surface area contributed by atoms with Gasteiger partial charge in [0.05, 0.1) is 16.9 Å². The molecule has 23 heavy (non-hydrogen) atoms. The summed E-state index contributed by atoms with van der Waals surface area (Å²) in [4.78, 5) is 6.28. The van der Waals surface area contributed by atoms with E-state index < -0.39 is 10.0 Å². The Hall–Kier alpha value is -1.83. The van der Waals surface area contributed by atoms with Gasteiger partial charge in [-0.15, -0.1) is 0 Å². The molecule has 0 saturated carbocycles. The predicted molar refractivity (Wildman–Crippen MR) is 93.5 cm³/mol. The molecule has 6 nitrogen and oxygen atoms in total. The van der Waals surface area contributed by atoms with Gasteiger partial charge in [-0.1, -0.05) is 23.7 Å².